The third-order valence-electron chi connectivity index (χ3n) is 4.38. The van der Waals surface area contributed by atoms with Gasteiger partial charge in [0.25, 0.3) is 5.91 Å². The van der Waals surface area contributed by atoms with Crippen molar-refractivity contribution >= 4 is 17.5 Å². The minimum atomic E-state index is -0.401. The predicted octanol–water partition coefficient (Wildman–Crippen LogP) is 2.96. The molecule has 1 aliphatic heterocycles. The Balaban J connectivity index is 1.44. The summed E-state index contributed by atoms with van der Waals surface area (Å²) in [5.74, 6) is 2.26. The number of amides is 2. The largest absolute Gasteiger partial charge is 0.352 e. The van der Waals surface area contributed by atoms with E-state index in [0.717, 1.165) is 5.56 Å². The highest BCUT2D eigenvalue weighted by molar-refractivity contribution is 5.96. The zero-order chi connectivity index (χ0) is 19.8. The molecule has 0 spiro atoms. The Hall–Kier alpha value is -3.53. The Morgan fingerprint density at radius 2 is 1.89 bits per heavy atom. The molecule has 2 N–H and O–H groups in total. The number of anilines is 1. The molecule has 1 aromatic heterocycles. The smallest absolute Gasteiger partial charge is 0.251 e. The summed E-state index contributed by atoms with van der Waals surface area (Å²) in [7, 11) is 0. The van der Waals surface area contributed by atoms with Gasteiger partial charge in [-0.2, -0.15) is 10.2 Å². The van der Waals surface area contributed by atoms with Crippen molar-refractivity contribution in [1.29, 1.82) is 0 Å². The third kappa shape index (κ3) is 5.48. The summed E-state index contributed by atoms with van der Waals surface area (Å²) in [5, 5.41) is 13.8. The molecule has 7 nitrogen and oxygen atoms in total. The van der Waals surface area contributed by atoms with Crippen LogP contribution < -0.4 is 10.6 Å². The SMILES string of the molecule is C#CCCC1(CCNC(=O)c2ccc(NC(=O)Cc3cccnc3)cc2)N=N1. The molecule has 1 aliphatic rings. The van der Waals surface area contributed by atoms with Crippen LogP contribution in [0.4, 0.5) is 5.69 Å². The van der Waals surface area contributed by atoms with Crippen LogP contribution in [0.5, 0.6) is 0 Å². The van der Waals surface area contributed by atoms with E-state index >= 15 is 0 Å². The molecule has 0 saturated heterocycles. The van der Waals surface area contributed by atoms with E-state index in [0.29, 0.717) is 37.1 Å². The maximum absolute atomic E-state index is 12.2. The Morgan fingerprint density at radius 3 is 2.54 bits per heavy atom. The first-order chi connectivity index (χ1) is 13.6. The number of nitrogens with zero attached hydrogens (tertiary/aromatic N) is 3. The van der Waals surface area contributed by atoms with E-state index in [4.69, 9.17) is 6.42 Å². The quantitative estimate of drug-likeness (QED) is 0.660. The van der Waals surface area contributed by atoms with Crippen LogP contribution in [0.15, 0.2) is 59.0 Å². The van der Waals surface area contributed by atoms with Crippen molar-refractivity contribution in [2.75, 3.05) is 11.9 Å². The summed E-state index contributed by atoms with van der Waals surface area (Å²) in [4.78, 5) is 28.3. The lowest BCUT2D eigenvalue weighted by Gasteiger charge is -2.10. The molecule has 2 amide bonds. The molecule has 0 atom stereocenters. The highest BCUT2D eigenvalue weighted by Gasteiger charge is 2.38. The Bertz CT molecular complexity index is 895. The van der Waals surface area contributed by atoms with E-state index < -0.39 is 5.66 Å². The van der Waals surface area contributed by atoms with E-state index in [1.54, 1.807) is 42.7 Å². The number of nitrogens with one attached hydrogen (secondary N) is 2. The Kier molecular flexibility index (Phi) is 6.12. The first kappa shape index (κ1) is 19.2. The predicted molar refractivity (Wildman–Crippen MR) is 106 cm³/mol. The fraction of sp³-hybridized carbons (Fsp3) is 0.286. The molecule has 1 aromatic carbocycles. The molecule has 0 saturated carbocycles. The van der Waals surface area contributed by atoms with Gasteiger partial charge in [0.05, 0.1) is 6.42 Å². The number of benzene rings is 1. The molecular weight excluding hydrogens is 354 g/mol. The summed E-state index contributed by atoms with van der Waals surface area (Å²) in [6, 6.07) is 10.4. The molecular formula is C21H21N5O2. The van der Waals surface area contributed by atoms with Crippen LogP contribution in [-0.4, -0.2) is 29.0 Å². The summed E-state index contributed by atoms with van der Waals surface area (Å²) in [5.41, 5.74) is 1.59. The van der Waals surface area contributed by atoms with E-state index in [-0.39, 0.29) is 18.2 Å². The fourth-order valence-electron chi connectivity index (χ4n) is 2.74. The second-order valence-corrected chi connectivity index (χ2v) is 6.56. The van der Waals surface area contributed by atoms with Gasteiger partial charge in [-0.1, -0.05) is 6.07 Å². The summed E-state index contributed by atoms with van der Waals surface area (Å²) < 4.78 is 0. The zero-order valence-corrected chi connectivity index (χ0v) is 15.4. The normalized spacial score (nSPS) is 13.4. The standard InChI is InChI=1S/C21H21N5O2/c1-2-3-10-21(25-26-21)11-13-23-20(28)17-6-8-18(9-7-17)24-19(27)14-16-5-4-12-22-15-16/h1,4-9,12,15H,3,10-11,13-14H2,(H,23,28)(H,24,27). The van der Waals surface area contributed by atoms with Crippen LogP contribution in [0.3, 0.4) is 0 Å². The Labute approximate surface area is 163 Å². The molecule has 28 heavy (non-hydrogen) atoms. The highest BCUT2D eigenvalue weighted by atomic mass is 16.2. The molecule has 2 heterocycles. The number of hydrogen-bond donors (Lipinski definition) is 2. The lowest BCUT2D eigenvalue weighted by molar-refractivity contribution is -0.115. The summed E-state index contributed by atoms with van der Waals surface area (Å²) >= 11 is 0. The zero-order valence-electron chi connectivity index (χ0n) is 15.4. The van der Waals surface area contributed by atoms with E-state index in [2.05, 4.69) is 31.8 Å². The molecule has 0 radical (unpaired) electrons. The molecule has 0 fully saturated rings. The highest BCUT2D eigenvalue weighted by Crippen LogP contribution is 2.36. The molecule has 0 aliphatic carbocycles. The Morgan fingerprint density at radius 1 is 1.11 bits per heavy atom. The van der Waals surface area contributed by atoms with Gasteiger partial charge in [0, 0.05) is 49.5 Å². The van der Waals surface area contributed by atoms with Crippen LogP contribution in [-0.2, 0) is 11.2 Å². The van der Waals surface area contributed by atoms with Crippen LogP contribution in [0.1, 0.15) is 35.2 Å². The molecule has 0 bridgehead atoms. The summed E-state index contributed by atoms with van der Waals surface area (Å²) in [6.07, 6.45) is 10.8. The fourth-order valence-corrected chi connectivity index (χ4v) is 2.74. The number of hydrogen-bond acceptors (Lipinski definition) is 5. The first-order valence-electron chi connectivity index (χ1n) is 9.05. The van der Waals surface area contributed by atoms with Gasteiger partial charge in [0.1, 0.15) is 0 Å². The van der Waals surface area contributed by atoms with Crippen LogP contribution in [0.25, 0.3) is 0 Å². The van der Waals surface area contributed by atoms with Crippen LogP contribution >= 0.6 is 0 Å². The van der Waals surface area contributed by atoms with Crippen molar-refractivity contribution in [2.24, 2.45) is 10.2 Å². The minimum absolute atomic E-state index is 0.139. The number of rotatable bonds is 9. The lowest BCUT2D eigenvalue weighted by atomic mass is 10.0. The third-order valence-corrected chi connectivity index (χ3v) is 4.38. The monoisotopic (exact) mass is 375 g/mol. The van der Waals surface area contributed by atoms with Gasteiger partial charge in [-0.15, -0.1) is 12.3 Å². The van der Waals surface area contributed by atoms with E-state index in [1.165, 1.54) is 0 Å². The molecule has 3 rings (SSSR count). The van der Waals surface area contributed by atoms with Crippen molar-refractivity contribution in [2.45, 2.75) is 31.3 Å². The van der Waals surface area contributed by atoms with Crippen molar-refractivity contribution < 1.29 is 9.59 Å². The second-order valence-electron chi connectivity index (χ2n) is 6.56. The number of pyridine rings is 1. The van der Waals surface area contributed by atoms with E-state index in [1.807, 2.05) is 6.07 Å². The van der Waals surface area contributed by atoms with Crippen LogP contribution in [0.2, 0.25) is 0 Å². The molecule has 142 valence electrons. The maximum atomic E-state index is 12.2. The van der Waals surface area contributed by atoms with E-state index in [9.17, 15) is 9.59 Å². The van der Waals surface area contributed by atoms with Gasteiger partial charge in [-0.05, 0) is 35.9 Å². The van der Waals surface area contributed by atoms with Crippen LogP contribution in [0, 0.1) is 12.3 Å². The van der Waals surface area contributed by atoms with Gasteiger partial charge < -0.3 is 10.6 Å². The van der Waals surface area contributed by atoms with Crippen molar-refractivity contribution in [3.8, 4) is 12.3 Å². The van der Waals surface area contributed by atoms with Gasteiger partial charge in [0.2, 0.25) is 5.91 Å². The first-order valence-corrected chi connectivity index (χ1v) is 9.05. The number of terminal acetylenes is 1. The molecule has 7 heteroatoms. The average Bonchev–Trinajstić information content (AvgIpc) is 3.47. The summed E-state index contributed by atoms with van der Waals surface area (Å²) in [6.45, 7) is 0.472. The molecule has 0 unspecified atom stereocenters. The second kappa shape index (κ2) is 8.91. The van der Waals surface area contributed by atoms with Gasteiger partial charge in [-0.25, -0.2) is 0 Å². The number of carbonyl (C=O) groups is 2. The molecule has 2 aromatic rings. The average molecular weight is 375 g/mol. The van der Waals surface area contributed by atoms with Crippen molar-refractivity contribution in [3.63, 3.8) is 0 Å². The van der Waals surface area contributed by atoms with Crippen molar-refractivity contribution in [3.05, 3.63) is 59.9 Å². The topological polar surface area (TPSA) is 95.8 Å². The van der Waals surface area contributed by atoms with Gasteiger partial charge in [0.15, 0.2) is 5.66 Å². The number of aromatic nitrogens is 1. The maximum Gasteiger partial charge on any atom is 0.251 e. The van der Waals surface area contributed by atoms with Crippen molar-refractivity contribution in [1.82, 2.24) is 10.3 Å². The minimum Gasteiger partial charge on any atom is -0.352 e. The van der Waals surface area contributed by atoms with Gasteiger partial charge >= 0.3 is 0 Å². The van der Waals surface area contributed by atoms with Gasteiger partial charge in [-0.3, -0.25) is 14.6 Å². The lowest BCUT2D eigenvalue weighted by Crippen LogP contribution is -2.28. The number of carbonyl (C=O) groups excluding carboxylic acids is 2.